The monoisotopic (exact) mass is 204 g/mol. The lowest BCUT2D eigenvalue weighted by Crippen LogP contribution is -2.33. The van der Waals surface area contributed by atoms with Crippen LogP contribution in [0.5, 0.6) is 0 Å². The zero-order valence-electron chi connectivity index (χ0n) is 9.45. The fourth-order valence-corrected chi connectivity index (χ4v) is 2.31. The minimum atomic E-state index is 0.853. The van der Waals surface area contributed by atoms with E-state index in [-0.39, 0.29) is 0 Å². The van der Waals surface area contributed by atoms with Crippen LogP contribution in [0.25, 0.3) is 0 Å². The highest BCUT2D eigenvalue weighted by Crippen LogP contribution is 2.18. The zero-order chi connectivity index (χ0) is 10.7. The number of nitrogen functional groups attached to an aromatic ring is 1. The summed E-state index contributed by atoms with van der Waals surface area (Å²) in [4.78, 5) is 2.54. The highest BCUT2D eigenvalue weighted by atomic mass is 15.1. The maximum atomic E-state index is 5.67. The van der Waals surface area contributed by atoms with Crippen molar-refractivity contribution in [2.45, 2.75) is 26.3 Å². The van der Waals surface area contributed by atoms with E-state index >= 15 is 0 Å². The summed E-state index contributed by atoms with van der Waals surface area (Å²) < 4.78 is 0. The van der Waals surface area contributed by atoms with E-state index in [0.717, 1.165) is 18.2 Å². The normalized spacial score (nSPS) is 22.9. The number of benzene rings is 1. The summed E-state index contributed by atoms with van der Waals surface area (Å²) in [6.45, 7) is 5.90. The molecule has 1 saturated heterocycles. The van der Waals surface area contributed by atoms with E-state index in [1.807, 2.05) is 12.1 Å². The summed E-state index contributed by atoms with van der Waals surface area (Å²) in [7, 11) is 0. The Balaban J connectivity index is 1.93. The number of hydrogen-bond donors (Lipinski definition) is 1. The van der Waals surface area contributed by atoms with Crippen molar-refractivity contribution in [3.63, 3.8) is 0 Å². The molecule has 1 unspecified atom stereocenters. The molecule has 1 atom stereocenters. The Kier molecular flexibility index (Phi) is 3.27. The molecule has 1 aromatic rings. The van der Waals surface area contributed by atoms with Crippen molar-refractivity contribution in [1.82, 2.24) is 4.90 Å². The second-order valence-electron chi connectivity index (χ2n) is 4.72. The van der Waals surface area contributed by atoms with Crippen LogP contribution in [0, 0.1) is 5.92 Å². The molecule has 0 spiro atoms. The van der Waals surface area contributed by atoms with Gasteiger partial charge in [0.2, 0.25) is 0 Å². The van der Waals surface area contributed by atoms with Crippen LogP contribution in [0.15, 0.2) is 24.3 Å². The van der Waals surface area contributed by atoms with Crippen LogP contribution in [0.3, 0.4) is 0 Å². The van der Waals surface area contributed by atoms with Crippen LogP contribution in [-0.4, -0.2) is 18.0 Å². The third-order valence-electron chi connectivity index (χ3n) is 3.13. The van der Waals surface area contributed by atoms with Crippen molar-refractivity contribution in [2.24, 2.45) is 5.92 Å². The Morgan fingerprint density at radius 2 is 2.07 bits per heavy atom. The summed E-state index contributed by atoms with van der Waals surface area (Å²) in [5.41, 5.74) is 7.89. The van der Waals surface area contributed by atoms with Crippen molar-refractivity contribution >= 4 is 5.69 Å². The summed E-state index contributed by atoms with van der Waals surface area (Å²) in [5.74, 6) is 0.854. The predicted octanol–water partition coefficient (Wildman–Crippen LogP) is 2.50. The average molecular weight is 204 g/mol. The molecule has 2 rings (SSSR count). The highest BCUT2D eigenvalue weighted by molar-refractivity contribution is 5.39. The second-order valence-corrected chi connectivity index (χ2v) is 4.72. The van der Waals surface area contributed by atoms with Gasteiger partial charge >= 0.3 is 0 Å². The molecular weight excluding hydrogens is 184 g/mol. The average Bonchev–Trinajstić information content (AvgIpc) is 2.22. The van der Waals surface area contributed by atoms with Crippen molar-refractivity contribution in [2.75, 3.05) is 18.8 Å². The summed E-state index contributed by atoms with van der Waals surface area (Å²) in [6.07, 6.45) is 2.73. The highest BCUT2D eigenvalue weighted by Gasteiger charge is 2.15. The molecule has 1 heterocycles. The lowest BCUT2D eigenvalue weighted by molar-refractivity contribution is 0.176. The Labute approximate surface area is 92.1 Å². The molecular formula is C13H20N2. The standard InChI is InChI=1S/C13H20N2/c1-11-3-2-8-15(9-11)10-12-4-6-13(14)7-5-12/h4-7,11H,2-3,8-10,14H2,1H3. The fraction of sp³-hybridized carbons (Fsp3) is 0.538. The Morgan fingerprint density at radius 3 is 2.73 bits per heavy atom. The second kappa shape index (κ2) is 4.67. The van der Waals surface area contributed by atoms with E-state index in [1.54, 1.807) is 0 Å². The topological polar surface area (TPSA) is 29.3 Å². The first kappa shape index (κ1) is 10.5. The molecule has 0 bridgehead atoms. The van der Waals surface area contributed by atoms with E-state index in [2.05, 4.69) is 24.0 Å². The number of anilines is 1. The predicted molar refractivity (Wildman–Crippen MR) is 64.5 cm³/mol. The molecule has 0 saturated carbocycles. The maximum absolute atomic E-state index is 5.67. The number of likely N-dealkylation sites (tertiary alicyclic amines) is 1. The van der Waals surface area contributed by atoms with Gasteiger partial charge < -0.3 is 5.73 Å². The Morgan fingerprint density at radius 1 is 1.33 bits per heavy atom. The number of rotatable bonds is 2. The van der Waals surface area contributed by atoms with Crippen molar-refractivity contribution in [1.29, 1.82) is 0 Å². The molecule has 1 aromatic carbocycles. The molecule has 2 nitrogen and oxygen atoms in total. The third-order valence-corrected chi connectivity index (χ3v) is 3.13. The van der Waals surface area contributed by atoms with Gasteiger partial charge in [-0.1, -0.05) is 19.1 Å². The van der Waals surface area contributed by atoms with E-state index < -0.39 is 0 Å². The van der Waals surface area contributed by atoms with Gasteiger partial charge in [0.25, 0.3) is 0 Å². The first-order valence-electron chi connectivity index (χ1n) is 5.81. The Hall–Kier alpha value is -1.02. The molecule has 1 fully saturated rings. The van der Waals surface area contributed by atoms with Crippen LogP contribution < -0.4 is 5.73 Å². The van der Waals surface area contributed by atoms with Crippen molar-refractivity contribution in [3.8, 4) is 0 Å². The van der Waals surface area contributed by atoms with Crippen molar-refractivity contribution in [3.05, 3.63) is 29.8 Å². The molecule has 0 aliphatic carbocycles. The molecule has 1 aliphatic heterocycles. The lowest BCUT2D eigenvalue weighted by atomic mass is 10.00. The Bertz CT molecular complexity index is 305. The van der Waals surface area contributed by atoms with Gasteiger partial charge in [-0.25, -0.2) is 0 Å². The van der Waals surface area contributed by atoms with Crippen LogP contribution in [0.4, 0.5) is 5.69 Å². The molecule has 0 radical (unpaired) electrons. The maximum Gasteiger partial charge on any atom is 0.0314 e. The van der Waals surface area contributed by atoms with Crippen LogP contribution in [-0.2, 0) is 6.54 Å². The van der Waals surface area contributed by atoms with Gasteiger partial charge in [-0.15, -0.1) is 0 Å². The van der Waals surface area contributed by atoms with E-state index in [1.165, 1.54) is 31.5 Å². The van der Waals surface area contributed by atoms with E-state index in [9.17, 15) is 0 Å². The smallest absolute Gasteiger partial charge is 0.0314 e. The van der Waals surface area contributed by atoms with Gasteiger partial charge in [0, 0.05) is 18.8 Å². The van der Waals surface area contributed by atoms with Gasteiger partial charge in [-0.05, 0) is 43.0 Å². The SMILES string of the molecule is CC1CCCN(Cc2ccc(N)cc2)C1. The number of hydrogen-bond acceptors (Lipinski definition) is 2. The lowest BCUT2D eigenvalue weighted by Gasteiger charge is -2.30. The van der Waals surface area contributed by atoms with E-state index in [0.29, 0.717) is 0 Å². The molecule has 82 valence electrons. The van der Waals surface area contributed by atoms with Gasteiger partial charge in [-0.3, -0.25) is 4.90 Å². The third kappa shape index (κ3) is 2.96. The first-order chi connectivity index (χ1) is 7.24. The van der Waals surface area contributed by atoms with Gasteiger partial charge in [0.1, 0.15) is 0 Å². The largest absolute Gasteiger partial charge is 0.399 e. The van der Waals surface area contributed by atoms with Gasteiger partial charge in [0.15, 0.2) is 0 Å². The molecule has 0 amide bonds. The first-order valence-corrected chi connectivity index (χ1v) is 5.81. The molecule has 1 aliphatic rings. The summed E-state index contributed by atoms with van der Waals surface area (Å²) in [5, 5.41) is 0. The van der Waals surface area contributed by atoms with Crippen LogP contribution in [0.2, 0.25) is 0 Å². The summed E-state index contributed by atoms with van der Waals surface area (Å²) in [6, 6.07) is 8.24. The molecule has 15 heavy (non-hydrogen) atoms. The van der Waals surface area contributed by atoms with Crippen molar-refractivity contribution < 1.29 is 0 Å². The van der Waals surface area contributed by atoms with E-state index in [4.69, 9.17) is 5.73 Å². The minimum absolute atomic E-state index is 0.853. The quantitative estimate of drug-likeness (QED) is 0.750. The number of nitrogens with two attached hydrogens (primary N) is 1. The van der Waals surface area contributed by atoms with Gasteiger partial charge in [-0.2, -0.15) is 0 Å². The van der Waals surface area contributed by atoms with Crippen LogP contribution in [0.1, 0.15) is 25.3 Å². The molecule has 2 heteroatoms. The number of nitrogens with zero attached hydrogens (tertiary/aromatic N) is 1. The molecule has 0 aromatic heterocycles. The van der Waals surface area contributed by atoms with Gasteiger partial charge in [0.05, 0.1) is 0 Å². The number of piperidine rings is 1. The summed E-state index contributed by atoms with van der Waals surface area (Å²) >= 11 is 0. The van der Waals surface area contributed by atoms with Crippen LogP contribution >= 0.6 is 0 Å². The zero-order valence-corrected chi connectivity index (χ0v) is 9.45. The fourth-order valence-electron chi connectivity index (χ4n) is 2.31. The minimum Gasteiger partial charge on any atom is -0.399 e. The molecule has 2 N–H and O–H groups in total.